The molecule has 94 valence electrons. The highest BCUT2D eigenvalue weighted by molar-refractivity contribution is 5.37. The summed E-state index contributed by atoms with van der Waals surface area (Å²) in [6.45, 7) is 3.42. The van der Waals surface area contributed by atoms with E-state index in [4.69, 9.17) is 0 Å². The van der Waals surface area contributed by atoms with Gasteiger partial charge in [-0.15, -0.1) is 0 Å². The third-order valence-corrected chi connectivity index (χ3v) is 3.07. The molecule has 0 amide bonds. The lowest BCUT2D eigenvalue weighted by Crippen LogP contribution is -2.24. The highest BCUT2D eigenvalue weighted by atomic mass is 19.1. The lowest BCUT2D eigenvalue weighted by molar-refractivity contribution is 0.0978. The Kier molecular flexibility index (Phi) is 3.18. The second-order valence-corrected chi connectivity index (χ2v) is 4.56. The number of aryl methyl sites for hydroxylation is 1. The van der Waals surface area contributed by atoms with Gasteiger partial charge in [-0.1, -0.05) is 29.8 Å². The Bertz CT molecular complexity index is 559. The van der Waals surface area contributed by atoms with Gasteiger partial charge in [0.1, 0.15) is 17.2 Å². The van der Waals surface area contributed by atoms with Gasteiger partial charge in [-0.3, -0.25) is 0 Å². The second kappa shape index (κ2) is 4.50. The minimum Gasteiger partial charge on any atom is -0.381 e. The lowest BCUT2D eigenvalue weighted by atomic mass is 9.87. The van der Waals surface area contributed by atoms with Gasteiger partial charge in [0.15, 0.2) is 0 Å². The third kappa shape index (κ3) is 2.27. The van der Waals surface area contributed by atoms with Crippen molar-refractivity contribution >= 4 is 0 Å². The number of halogens is 2. The molecule has 0 aromatic heterocycles. The zero-order valence-corrected chi connectivity index (χ0v) is 10.2. The second-order valence-electron chi connectivity index (χ2n) is 4.56. The predicted octanol–water partition coefficient (Wildman–Crippen LogP) is 3.53. The minimum absolute atomic E-state index is 0.0627. The molecule has 1 nitrogen and oxygen atoms in total. The third-order valence-electron chi connectivity index (χ3n) is 3.07. The van der Waals surface area contributed by atoms with Crippen LogP contribution in [0.5, 0.6) is 0 Å². The molecule has 0 saturated heterocycles. The Morgan fingerprint density at radius 2 is 1.61 bits per heavy atom. The monoisotopic (exact) mass is 248 g/mol. The molecule has 18 heavy (non-hydrogen) atoms. The van der Waals surface area contributed by atoms with E-state index in [1.54, 1.807) is 12.1 Å². The molecule has 3 heteroatoms. The van der Waals surface area contributed by atoms with Crippen molar-refractivity contribution in [2.24, 2.45) is 0 Å². The molecule has 2 rings (SSSR count). The fourth-order valence-electron chi connectivity index (χ4n) is 1.92. The molecule has 0 saturated carbocycles. The number of hydrogen-bond donors (Lipinski definition) is 1. The summed E-state index contributed by atoms with van der Waals surface area (Å²) < 4.78 is 26.6. The molecule has 0 aliphatic heterocycles. The molecule has 0 spiro atoms. The Morgan fingerprint density at radius 3 is 2.17 bits per heavy atom. The molecule has 0 bridgehead atoms. The topological polar surface area (TPSA) is 20.2 Å². The van der Waals surface area contributed by atoms with Crippen LogP contribution in [0.3, 0.4) is 0 Å². The molecule has 1 unspecified atom stereocenters. The van der Waals surface area contributed by atoms with E-state index < -0.39 is 17.2 Å². The van der Waals surface area contributed by atoms with E-state index in [9.17, 15) is 13.9 Å². The van der Waals surface area contributed by atoms with Gasteiger partial charge in [0.05, 0.1) is 0 Å². The molecule has 2 aromatic rings. The van der Waals surface area contributed by atoms with Crippen LogP contribution in [0.1, 0.15) is 23.6 Å². The summed E-state index contributed by atoms with van der Waals surface area (Å²) in [6, 6.07) is 10.3. The van der Waals surface area contributed by atoms with Crippen molar-refractivity contribution in [1.29, 1.82) is 0 Å². The molecule has 0 aliphatic rings. The maximum Gasteiger partial charge on any atom is 0.132 e. The van der Waals surface area contributed by atoms with Crippen molar-refractivity contribution in [3.05, 3.63) is 70.8 Å². The van der Waals surface area contributed by atoms with Crippen LogP contribution in [0.2, 0.25) is 0 Å². The maximum atomic E-state index is 13.7. The normalized spacial score (nSPS) is 14.3. The average molecular weight is 248 g/mol. The number of hydrogen-bond acceptors (Lipinski definition) is 1. The van der Waals surface area contributed by atoms with Gasteiger partial charge in [0.2, 0.25) is 0 Å². The molecular weight excluding hydrogens is 234 g/mol. The average Bonchev–Trinajstić information content (AvgIpc) is 2.29. The summed E-state index contributed by atoms with van der Waals surface area (Å²) in [5.74, 6) is -1.41. The Balaban J connectivity index is 2.50. The Labute approximate surface area is 105 Å². The first-order valence-electron chi connectivity index (χ1n) is 5.66. The van der Waals surface area contributed by atoms with Gasteiger partial charge in [0, 0.05) is 11.6 Å². The van der Waals surface area contributed by atoms with Crippen LogP contribution in [-0.2, 0) is 5.60 Å². The Morgan fingerprint density at radius 1 is 1.00 bits per heavy atom. The summed E-state index contributed by atoms with van der Waals surface area (Å²) in [4.78, 5) is 0. The fourth-order valence-corrected chi connectivity index (χ4v) is 1.92. The summed E-state index contributed by atoms with van der Waals surface area (Å²) in [7, 11) is 0. The molecule has 1 atom stereocenters. The first kappa shape index (κ1) is 12.7. The van der Waals surface area contributed by atoms with E-state index in [1.807, 2.05) is 19.1 Å². The highest BCUT2D eigenvalue weighted by Crippen LogP contribution is 2.31. The van der Waals surface area contributed by atoms with Crippen molar-refractivity contribution in [2.45, 2.75) is 19.4 Å². The molecular formula is C15H14F2O. The largest absolute Gasteiger partial charge is 0.381 e. The molecule has 0 fully saturated rings. The van der Waals surface area contributed by atoms with Gasteiger partial charge in [-0.25, -0.2) is 8.78 Å². The molecule has 0 radical (unpaired) electrons. The van der Waals surface area contributed by atoms with E-state index in [1.165, 1.54) is 13.0 Å². The van der Waals surface area contributed by atoms with Gasteiger partial charge in [-0.05, 0) is 31.5 Å². The molecule has 2 aromatic carbocycles. The fraction of sp³-hybridized carbons (Fsp3) is 0.200. The zero-order valence-electron chi connectivity index (χ0n) is 10.2. The van der Waals surface area contributed by atoms with Crippen molar-refractivity contribution in [2.75, 3.05) is 0 Å². The first-order chi connectivity index (χ1) is 8.41. The van der Waals surface area contributed by atoms with Crippen molar-refractivity contribution in [3.8, 4) is 0 Å². The Hall–Kier alpha value is -1.74. The standard InChI is InChI=1S/C15H14F2O/c1-10-3-5-11(6-4-10)15(2,18)13-8-7-12(16)9-14(13)17/h3-9,18H,1-2H3. The minimum atomic E-state index is -1.48. The van der Waals surface area contributed by atoms with E-state index in [2.05, 4.69) is 0 Å². The quantitative estimate of drug-likeness (QED) is 0.862. The molecule has 0 heterocycles. The highest BCUT2D eigenvalue weighted by Gasteiger charge is 2.28. The smallest absolute Gasteiger partial charge is 0.132 e. The van der Waals surface area contributed by atoms with Gasteiger partial charge in [0.25, 0.3) is 0 Å². The summed E-state index contributed by atoms with van der Waals surface area (Å²) in [6.07, 6.45) is 0. The molecule has 0 aliphatic carbocycles. The number of rotatable bonds is 2. The van der Waals surface area contributed by atoms with Crippen LogP contribution < -0.4 is 0 Å². The van der Waals surface area contributed by atoms with E-state index in [0.717, 1.165) is 17.7 Å². The van der Waals surface area contributed by atoms with Crippen LogP contribution in [0.4, 0.5) is 8.78 Å². The maximum absolute atomic E-state index is 13.7. The van der Waals surface area contributed by atoms with E-state index in [-0.39, 0.29) is 5.56 Å². The lowest BCUT2D eigenvalue weighted by Gasteiger charge is -2.25. The van der Waals surface area contributed by atoms with E-state index in [0.29, 0.717) is 5.56 Å². The van der Waals surface area contributed by atoms with Crippen LogP contribution in [0.25, 0.3) is 0 Å². The van der Waals surface area contributed by atoms with Crippen LogP contribution in [-0.4, -0.2) is 5.11 Å². The first-order valence-corrected chi connectivity index (χ1v) is 5.66. The summed E-state index contributed by atoms with van der Waals surface area (Å²) >= 11 is 0. The molecule has 1 N–H and O–H groups in total. The number of aliphatic hydroxyl groups is 1. The van der Waals surface area contributed by atoms with Gasteiger partial charge in [-0.2, -0.15) is 0 Å². The van der Waals surface area contributed by atoms with Gasteiger partial charge < -0.3 is 5.11 Å². The number of benzene rings is 2. The summed E-state index contributed by atoms with van der Waals surface area (Å²) in [5, 5.41) is 10.5. The van der Waals surface area contributed by atoms with Crippen molar-refractivity contribution < 1.29 is 13.9 Å². The van der Waals surface area contributed by atoms with Crippen molar-refractivity contribution in [1.82, 2.24) is 0 Å². The van der Waals surface area contributed by atoms with Crippen molar-refractivity contribution in [3.63, 3.8) is 0 Å². The van der Waals surface area contributed by atoms with Crippen LogP contribution >= 0.6 is 0 Å². The predicted molar refractivity (Wildman–Crippen MR) is 66.2 cm³/mol. The zero-order chi connectivity index (χ0) is 13.3. The summed E-state index contributed by atoms with van der Waals surface area (Å²) in [5.41, 5.74) is 0.200. The SMILES string of the molecule is Cc1ccc(C(C)(O)c2ccc(F)cc2F)cc1. The van der Waals surface area contributed by atoms with Crippen LogP contribution in [0.15, 0.2) is 42.5 Å². The van der Waals surface area contributed by atoms with E-state index >= 15 is 0 Å². The van der Waals surface area contributed by atoms with Crippen LogP contribution in [0, 0.1) is 18.6 Å². The van der Waals surface area contributed by atoms with Gasteiger partial charge >= 0.3 is 0 Å².